The van der Waals surface area contributed by atoms with Gasteiger partial charge in [0.1, 0.15) is 17.8 Å². The first-order valence-electron chi connectivity index (χ1n) is 7.07. The molecule has 0 spiro atoms. The van der Waals surface area contributed by atoms with Crippen molar-refractivity contribution in [3.05, 3.63) is 29.8 Å². The van der Waals surface area contributed by atoms with Crippen molar-refractivity contribution in [1.82, 2.24) is 10.6 Å². The summed E-state index contributed by atoms with van der Waals surface area (Å²) in [6.45, 7) is 2.80. The van der Waals surface area contributed by atoms with Crippen LogP contribution in [0.4, 0.5) is 0 Å². The van der Waals surface area contributed by atoms with E-state index in [2.05, 4.69) is 10.6 Å². The third kappa shape index (κ3) is 5.95. The molecule has 1 rings (SSSR count). The summed E-state index contributed by atoms with van der Waals surface area (Å²) in [5, 5.41) is 22.9. The predicted molar refractivity (Wildman–Crippen MR) is 82.6 cm³/mol. The number of carboxylic acids is 1. The van der Waals surface area contributed by atoms with E-state index in [1.54, 1.807) is 12.1 Å². The summed E-state index contributed by atoms with van der Waals surface area (Å²) in [6, 6.07) is 3.26. The van der Waals surface area contributed by atoms with Gasteiger partial charge in [0.25, 0.3) is 0 Å². The van der Waals surface area contributed by atoms with Crippen LogP contribution in [0.15, 0.2) is 24.3 Å². The fourth-order valence-corrected chi connectivity index (χ4v) is 1.76. The molecule has 6 N–H and O–H groups in total. The number of aromatic hydroxyl groups is 1. The lowest BCUT2D eigenvalue weighted by molar-refractivity contribution is -0.141. The molecule has 3 atom stereocenters. The molecule has 8 heteroatoms. The van der Waals surface area contributed by atoms with Gasteiger partial charge in [0.15, 0.2) is 0 Å². The second kappa shape index (κ2) is 8.14. The van der Waals surface area contributed by atoms with Crippen LogP contribution in [0.1, 0.15) is 19.4 Å². The van der Waals surface area contributed by atoms with Gasteiger partial charge in [-0.1, -0.05) is 12.1 Å². The molecule has 126 valence electrons. The average Bonchev–Trinajstić information content (AvgIpc) is 2.48. The Morgan fingerprint density at radius 2 is 1.65 bits per heavy atom. The standard InChI is InChI=1S/C15H21N3O5/c1-8(16)13(20)18-12(14(21)17-9(2)15(22)23)7-10-3-5-11(19)6-4-10/h3-6,8-9,12,19H,7,16H2,1-2H3,(H,17,21)(H,18,20)(H,22,23). The van der Waals surface area contributed by atoms with Gasteiger partial charge >= 0.3 is 5.97 Å². The number of amides is 2. The smallest absolute Gasteiger partial charge is 0.325 e. The van der Waals surface area contributed by atoms with E-state index < -0.39 is 35.9 Å². The van der Waals surface area contributed by atoms with Crippen LogP contribution in [-0.2, 0) is 20.8 Å². The number of aliphatic carboxylic acids is 1. The Balaban J connectivity index is 2.87. The number of carbonyl (C=O) groups excluding carboxylic acids is 2. The molecule has 0 aliphatic heterocycles. The lowest BCUT2D eigenvalue weighted by atomic mass is 10.0. The first-order valence-corrected chi connectivity index (χ1v) is 7.07. The summed E-state index contributed by atoms with van der Waals surface area (Å²) in [7, 11) is 0. The van der Waals surface area contributed by atoms with Crippen LogP contribution in [0.3, 0.4) is 0 Å². The highest BCUT2D eigenvalue weighted by Crippen LogP contribution is 2.11. The largest absolute Gasteiger partial charge is 0.508 e. The third-order valence-electron chi connectivity index (χ3n) is 3.15. The molecule has 8 nitrogen and oxygen atoms in total. The molecule has 1 aromatic rings. The SMILES string of the molecule is CC(N)C(=O)NC(Cc1ccc(O)cc1)C(=O)NC(C)C(=O)O. The Bertz CT molecular complexity index is 571. The molecule has 0 aliphatic carbocycles. The molecular weight excluding hydrogens is 302 g/mol. The summed E-state index contributed by atoms with van der Waals surface area (Å²) in [4.78, 5) is 34.8. The summed E-state index contributed by atoms with van der Waals surface area (Å²) in [5.74, 6) is -2.25. The molecule has 1 aromatic carbocycles. The van der Waals surface area contributed by atoms with Crippen molar-refractivity contribution in [2.45, 2.75) is 38.4 Å². The summed E-state index contributed by atoms with van der Waals surface area (Å²) >= 11 is 0. The highest BCUT2D eigenvalue weighted by molar-refractivity contribution is 5.91. The molecule has 2 amide bonds. The molecule has 0 aromatic heterocycles. The quantitative estimate of drug-likeness (QED) is 0.452. The lowest BCUT2D eigenvalue weighted by Crippen LogP contribution is -2.54. The lowest BCUT2D eigenvalue weighted by Gasteiger charge is -2.21. The summed E-state index contributed by atoms with van der Waals surface area (Å²) in [5.41, 5.74) is 6.17. The van der Waals surface area contributed by atoms with Crippen LogP contribution in [0, 0.1) is 0 Å². The Morgan fingerprint density at radius 3 is 2.13 bits per heavy atom. The molecule has 0 bridgehead atoms. The maximum atomic E-state index is 12.2. The number of hydrogen-bond acceptors (Lipinski definition) is 5. The van der Waals surface area contributed by atoms with Crippen molar-refractivity contribution in [2.24, 2.45) is 5.73 Å². The van der Waals surface area contributed by atoms with Gasteiger partial charge in [0.2, 0.25) is 11.8 Å². The van der Waals surface area contributed by atoms with Crippen molar-refractivity contribution >= 4 is 17.8 Å². The number of carboxylic acid groups (broad SMARTS) is 1. The zero-order valence-corrected chi connectivity index (χ0v) is 12.9. The van der Waals surface area contributed by atoms with Gasteiger partial charge in [-0.2, -0.15) is 0 Å². The minimum absolute atomic E-state index is 0.0777. The Hall–Kier alpha value is -2.61. The maximum absolute atomic E-state index is 12.2. The first-order chi connectivity index (χ1) is 10.7. The number of benzene rings is 1. The Morgan fingerprint density at radius 1 is 1.09 bits per heavy atom. The monoisotopic (exact) mass is 323 g/mol. The number of nitrogens with one attached hydrogen (secondary N) is 2. The third-order valence-corrected chi connectivity index (χ3v) is 3.15. The van der Waals surface area contributed by atoms with Crippen LogP contribution in [0.25, 0.3) is 0 Å². The van der Waals surface area contributed by atoms with Crippen molar-refractivity contribution in [3.8, 4) is 5.75 Å². The predicted octanol–water partition coefficient (Wildman–Crippen LogP) is -0.644. The molecule has 0 aliphatic rings. The van der Waals surface area contributed by atoms with E-state index in [1.165, 1.54) is 26.0 Å². The van der Waals surface area contributed by atoms with Crippen molar-refractivity contribution in [2.75, 3.05) is 0 Å². The second-order valence-corrected chi connectivity index (χ2v) is 5.29. The minimum Gasteiger partial charge on any atom is -0.508 e. The van der Waals surface area contributed by atoms with E-state index >= 15 is 0 Å². The van der Waals surface area contributed by atoms with Crippen LogP contribution in [0.2, 0.25) is 0 Å². The van der Waals surface area contributed by atoms with E-state index in [9.17, 15) is 19.5 Å². The highest BCUT2D eigenvalue weighted by Gasteiger charge is 2.25. The molecule has 3 unspecified atom stereocenters. The van der Waals surface area contributed by atoms with E-state index in [-0.39, 0.29) is 12.2 Å². The van der Waals surface area contributed by atoms with E-state index in [1.807, 2.05) is 0 Å². The number of phenols is 1. The fraction of sp³-hybridized carbons (Fsp3) is 0.400. The number of nitrogens with two attached hydrogens (primary N) is 1. The van der Waals surface area contributed by atoms with E-state index in [4.69, 9.17) is 10.8 Å². The van der Waals surface area contributed by atoms with Gasteiger partial charge in [0.05, 0.1) is 6.04 Å². The number of carbonyl (C=O) groups is 3. The van der Waals surface area contributed by atoms with Gasteiger partial charge in [-0.3, -0.25) is 14.4 Å². The minimum atomic E-state index is -1.18. The molecule has 0 saturated heterocycles. The fourth-order valence-electron chi connectivity index (χ4n) is 1.76. The van der Waals surface area contributed by atoms with Crippen LogP contribution in [0.5, 0.6) is 5.75 Å². The van der Waals surface area contributed by atoms with Crippen LogP contribution >= 0.6 is 0 Å². The van der Waals surface area contributed by atoms with Gasteiger partial charge in [-0.15, -0.1) is 0 Å². The molecule has 0 fully saturated rings. The van der Waals surface area contributed by atoms with Crippen LogP contribution < -0.4 is 16.4 Å². The van der Waals surface area contributed by atoms with Gasteiger partial charge in [-0.25, -0.2) is 0 Å². The topological polar surface area (TPSA) is 142 Å². The average molecular weight is 323 g/mol. The summed E-state index contributed by atoms with van der Waals surface area (Å²) < 4.78 is 0. The zero-order chi connectivity index (χ0) is 17.6. The van der Waals surface area contributed by atoms with E-state index in [0.29, 0.717) is 5.56 Å². The molecular formula is C15H21N3O5. The Labute approximate surface area is 133 Å². The van der Waals surface area contributed by atoms with Crippen molar-refractivity contribution in [1.29, 1.82) is 0 Å². The van der Waals surface area contributed by atoms with E-state index in [0.717, 1.165) is 0 Å². The van der Waals surface area contributed by atoms with Gasteiger partial charge in [-0.05, 0) is 31.5 Å². The number of hydrogen-bond donors (Lipinski definition) is 5. The number of phenolic OH excluding ortho intramolecular Hbond substituents is 1. The van der Waals surface area contributed by atoms with Crippen LogP contribution in [-0.4, -0.2) is 46.1 Å². The Kier molecular flexibility index (Phi) is 6.52. The second-order valence-electron chi connectivity index (χ2n) is 5.29. The number of rotatable bonds is 7. The first kappa shape index (κ1) is 18.4. The molecule has 0 heterocycles. The maximum Gasteiger partial charge on any atom is 0.325 e. The molecule has 0 saturated carbocycles. The normalized spacial score (nSPS) is 14.4. The van der Waals surface area contributed by atoms with Gasteiger partial charge in [0, 0.05) is 6.42 Å². The zero-order valence-electron chi connectivity index (χ0n) is 12.9. The molecule has 23 heavy (non-hydrogen) atoms. The van der Waals surface area contributed by atoms with Gasteiger partial charge < -0.3 is 26.6 Å². The van der Waals surface area contributed by atoms with Crippen molar-refractivity contribution in [3.63, 3.8) is 0 Å². The summed E-state index contributed by atoms with van der Waals surface area (Å²) in [6.07, 6.45) is 0.136. The highest BCUT2D eigenvalue weighted by atomic mass is 16.4. The van der Waals surface area contributed by atoms with Crippen molar-refractivity contribution < 1.29 is 24.6 Å². The molecule has 0 radical (unpaired) electrons.